The van der Waals surface area contributed by atoms with E-state index in [4.69, 9.17) is 24.3 Å². The number of para-hydroxylation sites is 1. The van der Waals surface area contributed by atoms with Crippen LogP contribution >= 0.6 is 7.52 Å². The summed E-state index contributed by atoms with van der Waals surface area (Å²) in [5.74, 6) is -0.580. The highest BCUT2D eigenvalue weighted by Crippen LogP contribution is 2.44. The van der Waals surface area contributed by atoms with E-state index in [0.717, 1.165) is 11.1 Å². The van der Waals surface area contributed by atoms with E-state index < -0.39 is 37.6 Å². The maximum absolute atomic E-state index is 14.0. The molecule has 0 aliphatic carbocycles. The van der Waals surface area contributed by atoms with Crippen molar-refractivity contribution in [2.45, 2.75) is 52.5 Å². The number of allylic oxidation sites excluding steroid dienone is 1. The van der Waals surface area contributed by atoms with Gasteiger partial charge in [0.15, 0.2) is 0 Å². The summed E-state index contributed by atoms with van der Waals surface area (Å²) in [7, 11) is 0.225. The van der Waals surface area contributed by atoms with Crippen molar-refractivity contribution in [1.29, 1.82) is 0 Å². The van der Waals surface area contributed by atoms with Crippen LogP contribution in [-0.2, 0) is 41.6 Å². The van der Waals surface area contributed by atoms with Gasteiger partial charge in [-0.2, -0.15) is 0 Å². The molecule has 2 amide bonds. The molecule has 3 rings (SSSR count). The molecule has 0 saturated heterocycles. The number of nitrogens with one attached hydrogen (secondary N) is 2. The first-order valence-corrected chi connectivity index (χ1v) is 19.2. The van der Waals surface area contributed by atoms with Crippen LogP contribution in [0.3, 0.4) is 0 Å². The summed E-state index contributed by atoms with van der Waals surface area (Å²) >= 11 is 0. The summed E-state index contributed by atoms with van der Waals surface area (Å²) < 4.78 is 36.8. The highest BCUT2D eigenvalue weighted by molar-refractivity contribution is 7.57. The molecule has 3 atom stereocenters. The Morgan fingerprint density at radius 1 is 0.907 bits per heavy atom. The number of carbonyl (C=O) groups is 3. The fraction of sp³-hybridized carbons (Fsp3) is 0.395. The van der Waals surface area contributed by atoms with Crippen LogP contribution in [0, 0.1) is 0 Å². The molecule has 3 aromatic rings. The minimum absolute atomic E-state index is 0.00208. The van der Waals surface area contributed by atoms with E-state index in [2.05, 4.69) is 20.4 Å². The number of ether oxygens (including phenoxy) is 3. The molecule has 0 aliphatic rings. The van der Waals surface area contributed by atoms with Gasteiger partial charge in [0.05, 0.1) is 12.8 Å². The molecule has 0 aliphatic heterocycles. The molecule has 15 nitrogen and oxygen atoms in total. The zero-order valence-electron chi connectivity index (χ0n) is 31.4. The van der Waals surface area contributed by atoms with Gasteiger partial charge < -0.3 is 29.0 Å². The predicted octanol–water partition coefficient (Wildman–Crippen LogP) is 7.13. The fourth-order valence-electron chi connectivity index (χ4n) is 4.67. The van der Waals surface area contributed by atoms with Gasteiger partial charge in [0.2, 0.25) is 5.91 Å². The first-order valence-electron chi connectivity index (χ1n) is 17.4. The van der Waals surface area contributed by atoms with E-state index >= 15 is 0 Å². The lowest BCUT2D eigenvalue weighted by Crippen LogP contribution is -2.38. The van der Waals surface area contributed by atoms with Gasteiger partial charge in [-0.1, -0.05) is 77.4 Å². The highest BCUT2D eigenvalue weighted by Gasteiger charge is 2.30. The number of amides is 2. The summed E-state index contributed by atoms with van der Waals surface area (Å²) in [6, 6.07) is 23.1. The third-order valence-electron chi connectivity index (χ3n) is 7.72. The minimum Gasteiger partial charge on any atom is -0.460 e. The smallest absolute Gasteiger partial charge is 0.411 e. The monoisotopic (exact) mass is 763 g/mol. The van der Waals surface area contributed by atoms with E-state index in [9.17, 15) is 18.9 Å². The van der Waals surface area contributed by atoms with E-state index in [1.165, 1.54) is 11.8 Å². The molecule has 3 aromatic carbocycles. The molecule has 16 heteroatoms. The van der Waals surface area contributed by atoms with E-state index in [1.54, 1.807) is 55.5 Å². The molecular weight excluding hydrogens is 713 g/mol. The fourth-order valence-corrected chi connectivity index (χ4v) is 6.57. The van der Waals surface area contributed by atoms with Crippen molar-refractivity contribution < 1.29 is 37.7 Å². The standard InChI is InChI=1S/C38H50N7O8P/c1-29(13-12-24-54(49,53-35-16-10-7-11-17-35)42-31(3)37(47)51-26-32-14-8-6-9-15-32)25-50-28-45(23-22-44(4)5)38(48)52-27-33-18-20-34(21-19-33)40-36(46)30(2)41-43-39/h6-11,13-21,30-31H,12,22-28H2,1-5H3,(H,40,46)(H,42,49)/b29-13+/t30-,31-,54?/m0/s1. The number of likely N-dealkylation sites (N-methyl/N-ethyl adjacent to an activating group) is 1. The van der Waals surface area contributed by atoms with Crippen molar-refractivity contribution in [3.63, 3.8) is 0 Å². The summed E-state index contributed by atoms with van der Waals surface area (Å²) in [5.41, 5.74) is 11.4. The summed E-state index contributed by atoms with van der Waals surface area (Å²) in [6.45, 7) is 6.17. The Morgan fingerprint density at radius 3 is 2.19 bits per heavy atom. The number of nitrogens with zero attached hydrogens (tertiary/aromatic N) is 5. The van der Waals surface area contributed by atoms with Crippen molar-refractivity contribution in [3.05, 3.63) is 118 Å². The highest BCUT2D eigenvalue weighted by atomic mass is 31.2. The Labute approximate surface area is 316 Å². The molecule has 290 valence electrons. The molecule has 0 radical (unpaired) electrons. The van der Waals surface area contributed by atoms with E-state index in [1.807, 2.05) is 68.4 Å². The van der Waals surface area contributed by atoms with Crippen molar-refractivity contribution in [2.24, 2.45) is 5.11 Å². The van der Waals surface area contributed by atoms with Crippen LogP contribution in [0.25, 0.3) is 10.4 Å². The van der Waals surface area contributed by atoms with Crippen LogP contribution in [0.4, 0.5) is 10.5 Å². The predicted molar refractivity (Wildman–Crippen MR) is 207 cm³/mol. The second kappa shape index (κ2) is 22.8. The summed E-state index contributed by atoms with van der Waals surface area (Å²) in [5, 5.41) is 8.93. The van der Waals surface area contributed by atoms with Gasteiger partial charge in [-0.15, -0.1) is 0 Å². The minimum atomic E-state index is -3.57. The lowest BCUT2D eigenvalue weighted by atomic mass is 10.2. The van der Waals surface area contributed by atoms with Crippen LogP contribution < -0.4 is 14.9 Å². The average Bonchev–Trinajstić information content (AvgIpc) is 3.15. The maximum atomic E-state index is 14.0. The Hall–Kier alpha value is -5.17. The van der Waals surface area contributed by atoms with Crippen molar-refractivity contribution in [3.8, 4) is 5.75 Å². The number of carbonyl (C=O) groups excluding carboxylic acids is 3. The molecule has 0 fully saturated rings. The molecule has 0 saturated carbocycles. The second-order valence-electron chi connectivity index (χ2n) is 12.8. The van der Waals surface area contributed by atoms with Crippen LogP contribution in [0.1, 0.15) is 38.3 Å². The largest absolute Gasteiger partial charge is 0.460 e. The molecule has 1 unspecified atom stereocenters. The lowest BCUT2D eigenvalue weighted by molar-refractivity contribution is -0.146. The van der Waals surface area contributed by atoms with Gasteiger partial charge in [0.25, 0.3) is 0 Å². The maximum Gasteiger partial charge on any atom is 0.411 e. The number of benzene rings is 3. The molecule has 0 aromatic heterocycles. The zero-order chi connectivity index (χ0) is 39.3. The topological polar surface area (TPSA) is 185 Å². The van der Waals surface area contributed by atoms with Crippen LogP contribution in [-0.4, -0.2) is 86.5 Å². The first-order chi connectivity index (χ1) is 25.9. The van der Waals surface area contributed by atoms with Gasteiger partial charge in [-0.3, -0.25) is 19.1 Å². The van der Waals surface area contributed by atoms with Crippen LogP contribution in [0.5, 0.6) is 5.75 Å². The van der Waals surface area contributed by atoms with Crippen molar-refractivity contribution in [2.75, 3.05) is 52.0 Å². The van der Waals surface area contributed by atoms with Crippen molar-refractivity contribution >= 4 is 31.2 Å². The Balaban J connectivity index is 1.53. The molecule has 0 bridgehead atoms. The van der Waals surface area contributed by atoms with E-state index in [-0.39, 0.29) is 32.7 Å². The number of anilines is 1. The lowest BCUT2D eigenvalue weighted by Gasteiger charge is -2.24. The Morgan fingerprint density at radius 2 is 1.54 bits per heavy atom. The average molecular weight is 764 g/mol. The molecular formula is C38H50N7O8P. The third kappa shape index (κ3) is 16.2. The molecule has 0 spiro atoms. The van der Waals surface area contributed by atoms with Gasteiger partial charge in [0.1, 0.15) is 37.8 Å². The first kappa shape index (κ1) is 43.2. The van der Waals surface area contributed by atoms with Crippen LogP contribution in [0.2, 0.25) is 0 Å². The van der Waals surface area contributed by atoms with E-state index in [0.29, 0.717) is 36.5 Å². The zero-order valence-corrected chi connectivity index (χ0v) is 32.3. The Bertz CT molecular complexity index is 1750. The van der Waals surface area contributed by atoms with Gasteiger partial charge in [-0.05, 0) is 82.2 Å². The van der Waals surface area contributed by atoms with Crippen LogP contribution in [0.15, 0.2) is 102 Å². The number of hydrogen-bond acceptors (Lipinski definition) is 10. The second-order valence-corrected chi connectivity index (χ2v) is 15.0. The number of hydrogen-bond donors (Lipinski definition) is 2. The summed E-state index contributed by atoms with van der Waals surface area (Å²) in [4.78, 5) is 43.9. The van der Waals surface area contributed by atoms with Crippen molar-refractivity contribution in [1.82, 2.24) is 14.9 Å². The third-order valence-corrected chi connectivity index (χ3v) is 9.85. The Kier molecular flexibility index (Phi) is 18.3. The van der Waals surface area contributed by atoms with Gasteiger partial charge in [0, 0.05) is 23.7 Å². The van der Waals surface area contributed by atoms with Gasteiger partial charge in [-0.25, -0.2) is 9.88 Å². The number of esters is 1. The molecule has 54 heavy (non-hydrogen) atoms. The number of rotatable bonds is 22. The SMILES string of the molecule is C/C(=C\CCP(=O)(N[C@@H](C)C(=O)OCc1ccccc1)Oc1ccccc1)COCN(CCN(C)C)C(=O)OCc1ccc(NC(=O)[C@H](C)N=[N+]=[N-])cc1. The normalized spacial score (nSPS) is 13.5. The number of azide groups is 1. The quantitative estimate of drug-likeness (QED) is 0.0203. The summed E-state index contributed by atoms with van der Waals surface area (Å²) in [6.07, 6.45) is 1.78. The molecule has 0 heterocycles. The molecule has 2 N–H and O–H groups in total. The van der Waals surface area contributed by atoms with Gasteiger partial charge >= 0.3 is 19.6 Å².